The first-order valence-corrected chi connectivity index (χ1v) is 8.76. The van der Waals surface area contributed by atoms with Crippen molar-refractivity contribution in [2.75, 3.05) is 0 Å². The molecule has 0 atom stereocenters. The van der Waals surface area contributed by atoms with Crippen LogP contribution in [-0.4, -0.2) is 26.3 Å². The minimum Gasteiger partial charge on any atom is -0.291 e. The third-order valence-corrected chi connectivity index (χ3v) is 4.44. The standard InChI is InChI=1S/C18H13Cl2N4O4/c19-13-3-6-15(16(20)7-13)18(26)9-23-11-22(10-21-23)8-17(25)12-1-4-14(5-2-12)24(27)28/h1-7,10-11H,8-9H2/q+1. The largest absolute Gasteiger partial charge is 0.291 e. The summed E-state index contributed by atoms with van der Waals surface area (Å²) in [5.41, 5.74) is 0.585. The zero-order chi connectivity index (χ0) is 20.3. The van der Waals surface area contributed by atoms with Crippen LogP contribution in [-0.2, 0) is 13.1 Å². The molecule has 0 aliphatic carbocycles. The number of benzene rings is 2. The van der Waals surface area contributed by atoms with Gasteiger partial charge in [0.1, 0.15) is 6.54 Å². The smallest absolute Gasteiger partial charge is 0.269 e. The van der Waals surface area contributed by atoms with Gasteiger partial charge in [0.15, 0.2) is 12.3 Å². The van der Waals surface area contributed by atoms with Crippen molar-refractivity contribution in [3.63, 3.8) is 0 Å². The highest BCUT2D eigenvalue weighted by Crippen LogP contribution is 2.21. The van der Waals surface area contributed by atoms with Crippen LogP contribution in [0.15, 0.2) is 55.1 Å². The summed E-state index contributed by atoms with van der Waals surface area (Å²) >= 11 is 11.9. The molecule has 142 valence electrons. The van der Waals surface area contributed by atoms with Crippen LogP contribution in [0.1, 0.15) is 20.7 Å². The maximum atomic E-state index is 12.4. The van der Waals surface area contributed by atoms with Gasteiger partial charge in [-0.2, -0.15) is 0 Å². The van der Waals surface area contributed by atoms with Gasteiger partial charge in [-0.15, -0.1) is 4.68 Å². The number of carbonyl (C=O) groups is 2. The van der Waals surface area contributed by atoms with E-state index in [0.717, 1.165) is 0 Å². The summed E-state index contributed by atoms with van der Waals surface area (Å²) in [6.45, 7) is -0.0756. The Bertz CT molecular complexity index is 1060. The van der Waals surface area contributed by atoms with Crippen molar-refractivity contribution in [3.05, 3.63) is 86.4 Å². The van der Waals surface area contributed by atoms with Gasteiger partial charge < -0.3 is 0 Å². The highest BCUT2D eigenvalue weighted by molar-refractivity contribution is 6.36. The molecule has 1 aromatic heterocycles. The molecule has 2 aromatic carbocycles. The van der Waals surface area contributed by atoms with E-state index >= 15 is 0 Å². The zero-order valence-corrected chi connectivity index (χ0v) is 15.8. The first-order valence-electron chi connectivity index (χ1n) is 8.01. The topological polar surface area (TPSA) is 99.0 Å². The molecule has 0 saturated carbocycles. The van der Waals surface area contributed by atoms with E-state index in [1.54, 1.807) is 12.1 Å². The molecular weight excluding hydrogens is 407 g/mol. The molecule has 0 aliphatic rings. The lowest BCUT2D eigenvalue weighted by Gasteiger charge is -2.01. The van der Waals surface area contributed by atoms with E-state index in [4.69, 9.17) is 23.2 Å². The molecule has 0 amide bonds. The lowest BCUT2D eigenvalue weighted by atomic mass is 10.1. The second kappa shape index (κ2) is 8.28. The molecule has 28 heavy (non-hydrogen) atoms. The number of halogens is 2. The third kappa shape index (κ3) is 4.59. The molecule has 0 spiro atoms. The number of ketones is 2. The third-order valence-electron chi connectivity index (χ3n) is 3.89. The number of nitro groups is 1. The van der Waals surface area contributed by atoms with Gasteiger partial charge >= 0.3 is 0 Å². The Morgan fingerprint density at radius 2 is 1.82 bits per heavy atom. The van der Waals surface area contributed by atoms with Crippen molar-refractivity contribution in [2.24, 2.45) is 0 Å². The summed E-state index contributed by atoms with van der Waals surface area (Å²) in [5, 5.41) is 15.4. The fraction of sp³-hybridized carbons (Fsp3) is 0.111. The van der Waals surface area contributed by atoms with Gasteiger partial charge in [-0.3, -0.25) is 19.7 Å². The Kier molecular flexibility index (Phi) is 5.81. The number of hydrogen-bond acceptors (Lipinski definition) is 5. The fourth-order valence-electron chi connectivity index (χ4n) is 2.50. The Labute approximate surface area is 169 Å². The molecule has 0 aliphatic heterocycles. The summed E-state index contributed by atoms with van der Waals surface area (Å²) in [5.74, 6) is -0.495. The maximum absolute atomic E-state index is 12.4. The number of Topliss-reactive ketones (excluding diaryl/α,β-unsaturated/α-hetero) is 2. The molecule has 8 nitrogen and oxygen atoms in total. The van der Waals surface area contributed by atoms with Crippen molar-refractivity contribution < 1.29 is 19.1 Å². The number of carbonyl (C=O) groups excluding carboxylic acids is 2. The van der Waals surface area contributed by atoms with Crippen molar-refractivity contribution in [1.29, 1.82) is 0 Å². The predicted octanol–water partition coefficient (Wildman–Crippen LogP) is 3.15. The van der Waals surface area contributed by atoms with Crippen LogP contribution in [0.4, 0.5) is 5.69 Å². The number of rotatable bonds is 7. The molecule has 3 rings (SSSR count). The van der Waals surface area contributed by atoms with E-state index in [1.165, 1.54) is 52.2 Å². The average Bonchev–Trinajstić information content (AvgIpc) is 3.08. The van der Waals surface area contributed by atoms with Gasteiger partial charge in [-0.1, -0.05) is 23.2 Å². The zero-order valence-electron chi connectivity index (χ0n) is 14.3. The van der Waals surface area contributed by atoms with E-state index < -0.39 is 4.92 Å². The molecule has 1 heterocycles. The van der Waals surface area contributed by atoms with Crippen LogP contribution in [0.25, 0.3) is 0 Å². The van der Waals surface area contributed by atoms with Crippen molar-refractivity contribution in [2.45, 2.75) is 13.1 Å². The Hall–Kier alpha value is -3.10. The highest BCUT2D eigenvalue weighted by atomic mass is 35.5. The lowest BCUT2D eigenvalue weighted by molar-refractivity contribution is -0.683. The average molecular weight is 420 g/mol. The van der Waals surface area contributed by atoms with Crippen molar-refractivity contribution >= 4 is 40.5 Å². The minimum atomic E-state index is -0.531. The number of nitro benzene ring substituents is 1. The van der Waals surface area contributed by atoms with Crippen LogP contribution in [0.5, 0.6) is 0 Å². The van der Waals surface area contributed by atoms with Crippen LogP contribution in [0, 0.1) is 10.1 Å². The molecular formula is C18H13Cl2N4O4+. The molecule has 0 N–H and O–H groups in total. The first-order chi connectivity index (χ1) is 13.3. The van der Waals surface area contributed by atoms with Gasteiger partial charge in [0, 0.05) is 33.4 Å². The normalized spacial score (nSPS) is 10.6. The summed E-state index contributed by atoms with van der Waals surface area (Å²) < 4.78 is 2.90. The highest BCUT2D eigenvalue weighted by Gasteiger charge is 2.18. The van der Waals surface area contributed by atoms with E-state index in [2.05, 4.69) is 5.10 Å². The number of aromatic nitrogens is 3. The second-order valence-corrected chi connectivity index (χ2v) is 6.73. The van der Waals surface area contributed by atoms with E-state index in [1.807, 2.05) is 0 Å². The maximum Gasteiger partial charge on any atom is 0.269 e. The van der Waals surface area contributed by atoms with Gasteiger partial charge in [-0.25, -0.2) is 4.57 Å². The van der Waals surface area contributed by atoms with E-state index in [0.29, 0.717) is 16.1 Å². The predicted molar refractivity (Wildman–Crippen MR) is 101 cm³/mol. The fourth-order valence-corrected chi connectivity index (χ4v) is 3.01. The van der Waals surface area contributed by atoms with Crippen LogP contribution < -0.4 is 4.57 Å². The van der Waals surface area contributed by atoms with Gasteiger partial charge in [-0.05, 0) is 30.3 Å². The van der Waals surface area contributed by atoms with Gasteiger partial charge in [0.2, 0.25) is 12.1 Å². The monoisotopic (exact) mass is 419 g/mol. The SMILES string of the molecule is O=C(C[n+]1cnn(CC(=O)c2ccc(Cl)cc2Cl)c1)c1ccc([N+](=O)[O-])cc1. The Balaban J connectivity index is 1.65. The van der Waals surface area contributed by atoms with Crippen molar-refractivity contribution in [3.8, 4) is 0 Å². The Morgan fingerprint density at radius 3 is 2.46 bits per heavy atom. The molecule has 0 unspecified atom stereocenters. The summed E-state index contributed by atoms with van der Waals surface area (Å²) in [6.07, 6.45) is 2.94. The molecule has 0 radical (unpaired) electrons. The number of nitrogens with zero attached hydrogens (tertiary/aromatic N) is 4. The quantitative estimate of drug-likeness (QED) is 0.253. The summed E-state index contributed by atoms with van der Waals surface area (Å²) in [4.78, 5) is 34.8. The van der Waals surface area contributed by atoms with E-state index in [9.17, 15) is 19.7 Å². The molecule has 0 bridgehead atoms. The summed E-state index contributed by atoms with van der Waals surface area (Å²) in [7, 11) is 0. The van der Waals surface area contributed by atoms with Crippen LogP contribution in [0.2, 0.25) is 10.0 Å². The van der Waals surface area contributed by atoms with E-state index in [-0.39, 0.29) is 35.4 Å². The Morgan fingerprint density at radius 1 is 1.11 bits per heavy atom. The van der Waals surface area contributed by atoms with Gasteiger partial charge in [0.05, 0.1) is 9.95 Å². The lowest BCUT2D eigenvalue weighted by Crippen LogP contribution is -2.36. The first kappa shape index (κ1) is 19.7. The molecule has 3 aromatic rings. The molecule has 10 heteroatoms. The van der Waals surface area contributed by atoms with Gasteiger partial charge in [0.25, 0.3) is 12.0 Å². The number of non-ortho nitro benzene ring substituents is 1. The van der Waals surface area contributed by atoms with Crippen LogP contribution >= 0.6 is 23.2 Å². The van der Waals surface area contributed by atoms with Crippen molar-refractivity contribution in [1.82, 2.24) is 9.78 Å². The summed E-state index contributed by atoms with van der Waals surface area (Å²) in [6, 6.07) is 9.96. The van der Waals surface area contributed by atoms with Crippen LogP contribution in [0.3, 0.4) is 0 Å². The molecule has 0 fully saturated rings. The molecule has 0 saturated heterocycles. The number of hydrogen-bond donors (Lipinski definition) is 0. The minimum absolute atomic E-state index is 0.0201. The second-order valence-electron chi connectivity index (χ2n) is 5.89.